The largest absolute Gasteiger partial charge is 0.329 e. The number of likely N-dealkylation sites (N-methyl/N-ethyl adjacent to an activating group) is 1. The Labute approximate surface area is 121 Å². The van der Waals surface area contributed by atoms with E-state index in [-0.39, 0.29) is 6.04 Å². The van der Waals surface area contributed by atoms with E-state index in [1.54, 1.807) is 0 Å². The zero-order valence-corrected chi connectivity index (χ0v) is 12.5. The maximum absolute atomic E-state index is 6.37. The van der Waals surface area contributed by atoms with Gasteiger partial charge in [0.25, 0.3) is 0 Å². The third kappa shape index (κ3) is 3.68. The van der Waals surface area contributed by atoms with Crippen molar-refractivity contribution in [2.24, 2.45) is 5.73 Å². The normalized spacial score (nSPS) is 14.4. The minimum absolute atomic E-state index is 0.0236. The van der Waals surface area contributed by atoms with Crippen LogP contribution in [-0.4, -0.2) is 35.1 Å². The molecule has 1 heterocycles. The number of hydrogen-bond acceptors (Lipinski definition) is 3. The number of aromatic nitrogens is 2. The number of hydrogen-bond donors (Lipinski definition) is 1. The fourth-order valence-electron chi connectivity index (χ4n) is 2.56. The highest BCUT2D eigenvalue weighted by atomic mass is 15.1. The zero-order chi connectivity index (χ0) is 14.5. The monoisotopic (exact) mass is 272 g/mol. The molecule has 20 heavy (non-hydrogen) atoms. The molecule has 2 N–H and O–H groups in total. The summed E-state index contributed by atoms with van der Waals surface area (Å²) in [6.07, 6.45) is 4.61. The van der Waals surface area contributed by atoms with Gasteiger partial charge in [-0.3, -0.25) is 0 Å². The van der Waals surface area contributed by atoms with Crippen LogP contribution in [0, 0.1) is 0 Å². The Hall–Kier alpha value is -1.65. The Balaban J connectivity index is 2.11. The second kappa shape index (κ2) is 6.68. The van der Waals surface area contributed by atoms with E-state index in [1.807, 2.05) is 30.7 Å². The molecule has 0 aliphatic rings. The van der Waals surface area contributed by atoms with E-state index in [1.165, 1.54) is 5.56 Å². The number of nitrogens with zero attached hydrogens (tertiary/aromatic N) is 3. The zero-order valence-electron chi connectivity index (χ0n) is 12.5. The van der Waals surface area contributed by atoms with Crippen LogP contribution in [-0.2, 0) is 6.42 Å². The number of rotatable bonds is 6. The van der Waals surface area contributed by atoms with E-state index in [0.29, 0.717) is 6.04 Å². The first-order valence-corrected chi connectivity index (χ1v) is 7.04. The summed E-state index contributed by atoms with van der Waals surface area (Å²) in [5.74, 6) is 0. The lowest BCUT2D eigenvalue weighted by Gasteiger charge is -2.22. The lowest BCUT2D eigenvalue weighted by atomic mass is 10.0. The van der Waals surface area contributed by atoms with Crippen molar-refractivity contribution in [2.75, 3.05) is 20.6 Å². The molecule has 1 aromatic heterocycles. The van der Waals surface area contributed by atoms with Crippen molar-refractivity contribution in [3.8, 4) is 0 Å². The molecule has 108 valence electrons. The summed E-state index contributed by atoms with van der Waals surface area (Å²) in [5, 5.41) is 0. The second-order valence-electron chi connectivity index (χ2n) is 5.63. The summed E-state index contributed by atoms with van der Waals surface area (Å²) in [4.78, 5) is 6.46. The summed E-state index contributed by atoms with van der Waals surface area (Å²) >= 11 is 0. The molecule has 0 spiro atoms. The topological polar surface area (TPSA) is 47.1 Å². The van der Waals surface area contributed by atoms with Crippen LogP contribution in [0.25, 0.3) is 0 Å². The Bertz CT molecular complexity index is 518. The van der Waals surface area contributed by atoms with Crippen LogP contribution >= 0.6 is 0 Å². The van der Waals surface area contributed by atoms with Crippen LogP contribution in [0.5, 0.6) is 0 Å². The van der Waals surface area contributed by atoms with E-state index in [0.717, 1.165) is 18.7 Å². The molecular formula is C16H24N4. The van der Waals surface area contributed by atoms with Crippen molar-refractivity contribution in [3.63, 3.8) is 0 Å². The molecule has 0 amide bonds. The van der Waals surface area contributed by atoms with Gasteiger partial charge in [-0.2, -0.15) is 0 Å². The van der Waals surface area contributed by atoms with Crippen molar-refractivity contribution < 1.29 is 0 Å². The van der Waals surface area contributed by atoms with Gasteiger partial charge in [-0.05, 0) is 33.0 Å². The van der Waals surface area contributed by atoms with Crippen molar-refractivity contribution >= 4 is 0 Å². The third-order valence-electron chi connectivity index (χ3n) is 3.48. The van der Waals surface area contributed by atoms with Crippen molar-refractivity contribution in [2.45, 2.75) is 25.4 Å². The molecular weight excluding hydrogens is 248 g/mol. The van der Waals surface area contributed by atoms with Gasteiger partial charge < -0.3 is 15.2 Å². The molecule has 0 radical (unpaired) electrons. The number of imidazole rings is 1. The molecule has 1 aromatic carbocycles. The predicted octanol–water partition coefficient (Wildman–Crippen LogP) is 2.25. The van der Waals surface area contributed by atoms with Gasteiger partial charge in [-0.15, -0.1) is 0 Å². The minimum Gasteiger partial charge on any atom is -0.329 e. The highest BCUT2D eigenvalue weighted by molar-refractivity contribution is 5.18. The van der Waals surface area contributed by atoms with Crippen LogP contribution < -0.4 is 5.73 Å². The van der Waals surface area contributed by atoms with Gasteiger partial charge in [0.15, 0.2) is 0 Å². The molecule has 4 heteroatoms. The fraction of sp³-hybridized carbons (Fsp3) is 0.438. The summed E-state index contributed by atoms with van der Waals surface area (Å²) in [6, 6.07) is 10.7. The molecule has 0 saturated carbocycles. The molecule has 0 saturated heterocycles. The van der Waals surface area contributed by atoms with Gasteiger partial charge >= 0.3 is 0 Å². The highest BCUT2D eigenvalue weighted by Gasteiger charge is 2.16. The van der Waals surface area contributed by atoms with Crippen LogP contribution in [0.4, 0.5) is 0 Å². The quantitative estimate of drug-likeness (QED) is 0.877. The van der Waals surface area contributed by atoms with E-state index < -0.39 is 0 Å². The Morgan fingerprint density at radius 2 is 1.95 bits per heavy atom. The van der Waals surface area contributed by atoms with Gasteiger partial charge in [0.1, 0.15) is 0 Å². The van der Waals surface area contributed by atoms with Gasteiger partial charge in [-0.1, -0.05) is 30.3 Å². The van der Waals surface area contributed by atoms with Gasteiger partial charge in [0, 0.05) is 18.8 Å². The van der Waals surface area contributed by atoms with Gasteiger partial charge in [0.05, 0.1) is 18.1 Å². The van der Waals surface area contributed by atoms with E-state index in [2.05, 4.69) is 47.6 Å². The highest BCUT2D eigenvalue weighted by Crippen LogP contribution is 2.19. The molecule has 4 nitrogen and oxygen atoms in total. The van der Waals surface area contributed by atoms with Crippen molar-refractivity contribution in [1.29, 1.82) is 0 Å². The average Bonchev–Trinajstić information content (AvgIpc) is 2.88. The van der Waals surface area contributed by atoms with Crippen LogP contribution in [0.2, 0.25) is 0 Å². The molecule has 0 bridgehead atoms. The van der Waals surface area contributed by atoms with Gasteiger partial charge in [-0.25, -0.2) is 4.98 Å². The van der Waals surface area contributed by atoms with Crippen molar-refractivity contribution in [3.05, 3.63) is 54.1 Å². The first kappa shape index (κ1) is 14.8. The van der Waals surface area contributed by atoms with Crippen LogP contribution in [0.3, 0.4) is 0 Å². The van der Waals surface area contributed by atoms with Crippen molar-refractivity contribution in [1.82, 2.24) is 14.5 Å². The molecule has 2 rings (SSSR count). The molecule has 0 aliphatic heterocycles. The molecule has 2 aromatic rings. The van der Waals surface area contributed by atoms with Crippen LogP contribution in [0.15, 0.2) is 42.9 Å². The summed E-state index contributed by atoms with van der Waals surface area (Å²) < 4.78 is 2.19. The third-order valence-corrected chi connectivity index (χ3v) is 3.48. The smallest absolute Gasteiger partial charge is 0.0951 e. The standard InChI is InChI=1S/C16H24N4/c1-13(11-19(2)3)20-12-18-10-16(20)15(17)9-14-7-5-4-6-8-14/h4-8,10,12-13,15H,9,11,17H2,1-3H3/t13?,15-/m1/s1. The number of benzene rings is 1. The first-order chi connectivity index (χ1) is 9.58. The van der Waals surface area contributed by atoms with Crippen LogP contribution in [0.1, 0.15) is 30.3 Å². The lowest BCUT2D eigenvalue weighted by molar-refractivity contribution is 0.330. The predicted molar refractivity (Wildman–Crippen MR) is 82.6 cm³/mol. The van der Waals surface area contributed by atoms with Gasteiger partial charge in [0.2, 0.25) is 0 Å². The molecule has 0 aliphatic carbocycles. The van der Waals surface area contributed by atoms with E-state index >= 15 is 0 Å². The Kier molecular flexibility index (Phi) is 4.93. The summed E-state index contributed by atoms with van der Waals surface area (Å²) in [5.41, 5.74) is 8.72. The molecule has 0 fully saturated rings. The maximum atomic E-state index is 6.37. The Morgan fingerprint density at radius 1 is 1.25 bits per heavy atom. The lowest BCUT2D eigenvalue weighted by Crippen LogP contribution is -2.25. The maximum Gasteiger partial charge on any atom is 0.0951 e. The Morgan fingerprint density at radius 3 is 2.60 bits per heavy atom. The second-order valence-corrected chi connectivity index (χ2v) is 5.63. The average molecular weight is 272 g/mol. The van der Waals surface area contributed by atoms with E-state index in [9.17, 15) is 0 Å². The molecule has 2 atom stereocenters. The summed E-state index contributed by atoms with van der Waals surface area (Å²) in [7, 11) is 4.16. The van der Waals surface area contributed by atoms with E-state index in [4.69, 9.17) is 5.73 Å². The minimum atomic E-state index is -0.0236. The summed E-state index contributed by atoms with van der Waals surface area (Å²) in [6.45, 7) is 3.17. The number of nitrogens with two attached hydrogens (primary N) is 1. The fourth-order valence-corrected chi connectivity index (χ4v) is 2.56. The SMILES string of the molecule is CC(CN(C)C)n1cncc1[C@H](N)Cc1ccccc1. The first-order valence-electron chi connectivity index (χ1n) is 7.04. The molecule has 1 unspecified atom stereocenters.